The summed E-state index contributed by atoms with van der Waals surface area (Å²) < 4.78 is 37.9. The fourth-order valence-corrected chi connectivity index (χ4v) is 4.49. The van der Waals surface area contributed by atoms with Crippen molar-refractivity contribution in [1.29, 1.82) is 0 Å². The number of amides is 1. The normalized spacial score (nSPS) is 12.9. The molecule has 0 aliphatic rings. The van der Waals surface area contributed by atoms with E-state index in [1.54, 1.807) is 0 Å². The Balaban J connectivity index is 2.01. The van der Waals surface area contributed by atoms with Crippen molar-refractivity contribution in [2.24, 2.45) is 5.41 Å². The number of hydrogen-bond donors (Lipinski definition) is 1. The summed E-state index contributed by atoms with van der Waals surface area (Å²) in [4.78, 5) is 19.0. The van der Waals surface area contributed by atoms with Crippen molar-refractivity contribution in [3.8, 4) is 0 Å². The number of aryl methyl sites for hydroxylation is 1. The number of anilines is 1. The molecular weight excluding hydrogens is 405 g/mol. The van der Waals surface area contributed by atoms with Crippen molar-refractivity contribution in [3.63, 3.8) is 0 Å². The molecule has 0 saturated heterocycles. The SMILES string of the molecule is Cc1nc(NC(=O)C(C)(C)CSc2ccc(C(F)(F)F)cc2)sc1C(C)(C)C. The second kappa shape index (κ2) is 8.06. The second-order valence-corrected chi connectivity index (χ2v) is 10.4. The van der Waals surface area contributed by atoms with Crippen LogP contribution in [-0.4, -0.2) is 16.6 Å². The molecule has 1 N–H and O–H groups in total. The first-order valence-electron chi connectivity index (χ1n) is 8.79. The van der Waals surface area contributed by atoms with Crippen molar-refractivity contribution in [2.45, 2.75) is 58.0 Å². The van der Waals surface area contributed by atoms with Crippen molar-refractivity contribution < 1.29 is 18.0 Å². The van der Waals surface area contributed by atoms with Gasteiger partial charge < -0.3 is 5.32 Å². The van der Waals surface area contributed by atoms with Crippen LogP contribution >= 0.6 is 23.1 Å². The largest absolute Gasteiger partial charge is 0.416 e. The number of carbonyl (C=O) groups is 1. The zero-order valence-corrected chi connectivity index (χ0v) is 18.5. The van der Waals surface area contributed by atoms with Crippen molar-refractivity contribution >= 4 is 34.1 Å². The number of halogens is 3. The van der Waals surface area contributed by atoms with Crippen LogP contribution < -0.4 is 5.32 Å². The van der Waals surface area contributed by atoms with Crippen LogP contribution in [0.2, 0.25) is 0 Å². The smallest absolute Gasteiger partial charge is 0.301 e. The van der Waals surface area contributed by atoms with Crippen LogP contribution in [-0.2, 0) is 16.4 Å². The Bertz CT molecular complexity index is 835. The number of nitrogens with one attached hydrogen (secondary N) is 1. The van der Waals surface area contributed by atoms with Gasteiger partial charge in [-0.3, -0.25) is 4.79 Å². The van der Waals surface area contributed by atoms with Crippen LogP contribution in [0.15, 0.2) is 29.2 Å². The molecule has 154 valence electrons. The Hall–Kier alpha value is -1.54. The van der Waals surface area contributed by atoms with Gasteiger partial charge in [-0.1, -0.05) is 34.6 Å². The summed E-state index contributed by atoms with van der Waals surface area (Å²) >= 11 is 2.83. The van der Waals surface area contributed by atoms with Gasteiger partial charge >= 0.3 is 6.18 Å². The van der Waals surface area contributed by atoms with Crippen LogP contribution in [0.5, 0.6) is 0 Å². The lowest BCUT2D eigenvalue weighted by molar-refractivity contribution is -0.137. The highest BCUT2D eigenvalue weighted by Crippen LogP contribution is 2.36. The Morgan fingerprint density at radius 3 is 2.14 bits per heavy atom. The van der Waals surface area contributed by atoms with Gasteiger partial charge in [0, 0.05) is 15.5 Å². The summed E-state index contributed by atoms with van der Waals surface area (Å²) in [5.41, 5.74) is -0.527. The van der Waals surface area contributed by atoms with E-state index in [-0.39, 0.29) is 11.3 Å². The first-order chi connectivity index (χ1) is 12.7. The van der Waals surface area contributed by atoms with Gasteiger partial charge in [0.05, 0.1) is 16.7 Å². The zero-order chi connectivity index (χ0) is 21.3. The average Bonchev–Trinajstić information content (AvgIpc) is 2.93. The number of nitrogens with zero attached hydrogens (tertiary/aromatic N) is 1. The summed E-state index contributed by atoms with van der Waals surface area (Å²) in [7, 11) is 0. The number of hydrogen-bond acceptors (Lipinski definition) is 4. The van der Waals surface area contributed by atoms with Gasteiger partial charge in [0.15, 0.2) is 5.13 Å². The molecule has 0 atom stereocenters. The molecule has 3 nitrogen and oxygen atoms in total. The Morgan fingerprint density at radius 2 is 1.68 bits per heavy atom. The molecule has 0 aliphatic carbocycles. The molecule has 2 aromatic rings. The maximum absolute atomic E-state index is 12.7. The van der Waals surface area contributed by atoms with Crippen molar-refractivity contribution in [2.75, 3.05) is 11.1 Å². The van der Waals surface area contributed by atoms with E-state index in [1.807, 2.05) is 20.8 Å². The van der Waals surface area contributed by atoms with Crippen LogP contribution in [0, 0.1) is 12.3 Å². The number of thioether (sulfide) groups is 1. The summed E-state index contributed by atoms with van der Waals surface area (Å²) in [5.74, 6) is 0.266. The third kappa shape index (κ3) is 5.73. The van der Waals surface area contributed by atoms with E-state index < -0.39 is 17.2 Å². The first kappa shape index (κ1) is 22.7. The lowest BCUT2D eigenvalue weighted by Gasteiger charge is -2.22. The highest BCUT2D eigenvalue weighted by atomic mass is 32.2. The molecule has 1 aromatic heterocycles. The molecule has 1 amide bonds. The van der Waals surface area contributed by atoms with E-state index in [0.717, 1.165) is 22.7 Å². The second-order valence-electron chi connectivity index (χ2n) is 8.33. The summed E-state index contributed by atoms with van der Waals surface area (Å²) in [6.07, 6.45) is -4.35. The zero-order valence-electron chi connectivity index (χ0n) is 16.8. The molecule has 0 spiro atoms. The summed E-state index contributed by atoms with van der Waals surface area (Å²) in [6.45, 7) is 11.9. The highest BCUT2D eigenvalue weighted by Gasteiger charge is 2.31. The van der Waals surface area contributed by atoms with E-state index in [4.69, 9.17) is 0 Å². The first-order valence-corrected chi connectivity index (χ1v) is 10.6. The predicted octanol–water partition coefficient (Wildman–Crippen LogP) is 6.52. The number of benzene rings is 1. The third-order valence-electron chi connectivity index (χ3n) is 4.09. The maximum atomic E-state index is 12.7. The van der Waals surface area contributed by atoms with Crippen molar-refractivity contribution in [3.05, 3.63) is 40.4 Å². The fraction of sp³-hybridized carbons (Fsp3) is 0.500. The van der Waals surface area contributed by atoms with E-state index in [9.17, 15) is 18.0 Å². The molecule has 0 unspecified atom stereocenters. The quantitative estimate of drug-likeness (QED) is 0.549. The average molecular weight is 431 g/mol. The van der Waals surface area contributed by atoms with E-state index in [2.05, 4.69) is 31.1 Å². The molecule has 28 heavy (non-hydrogen) atoms. The number of rotatable bonds is 5. The third-order valence-corrected chi connectivity index (χ3v) is 7.06. The minimum Gasteiger partial charge on any atom is -0.301 e. The number of thiazole rings is 1. The molecule has 0 saturated carbocycles. The fourth-order valence-electron chi connectivity index (χ4n) is 2.48. The summed E-state index contributed by atoms with van der Waals surface area (Å²) in [6, 6.07) is 4.98. The van der Waals surface area contributed by atoms with E-state index >= 15 is 0 Å². The van der Waals surface area contributed by atoms with Crippen LogP contribution in [0.25, 0.3) is 0 Å². The van der Waals surface area contributed by atoms with Gasteiger partial charge in [-0.15, -0.1) is 23.1 Å². The molecule has 0 fully saturated rings. The van der Waals surface area contributed by atoms with Gasteiger partial charge in [-0.25, -0.2) is 4.98 Å². The molecule has 2 rings (SSSR count). The lowest BCUT2D eigenvalue weighted by atomic mass is 9.93. The van der Waals surface area contributed by atoms with Crippen LogP contribution in [0.3, 0.4) is 0 Å². The summed E-state index contributed by atoms with van der Waals surface area (Å²) in [5, 5.41) is 3.46. The molecule has 0 radical (unpaired) electrons. The molecule has 8 heteroatoms. The minimum atomic E-state index is -4.35. The topological polar surface area (TPSA) is 42.0 Å². The number of carbonyl (C=O) groups excluding carboxylic acids is 1. The Labute approximate surface area is 172 Å². The maximum Gasteiger partial charge on any atom is 0.416 e. The van der Waals surface area contributed by atoms with Gasteiger partial charge in [0.25, 0.3) is 0 Å². The Morgan fingerprint density at radius 1 is 1.11 bits per heavy atom. The monoisotopic (exact) mass is 430 g/mol. The molecular formula is C20H25F3N2OS2. The van der Waals surface area contributed by atoms with E-state index in [0.29, 0.717) is 15.8 Å². The molecule has 0 aliphatic heterocycles. The van der Waals surface area contributed by atoms with Crippen LogP contribution in [0.1, 0.15) is 50.8 Å². The number of alkyl halides is 3. The molecule has 1 aromatic carbocycles. The molecule has 1 heterocycles. The van der Waals surface area contributed by atoms with Gasteiger partial charge in [0.1, 0.15) is 0 Å². The van der Waals surface area contributed by atoms with Gasteiger partial charge in [-0.2, -0.15) is 13.2 Å². The molecule has 0 bridgehead atoms. The lowest BCUT2D eigenvalue weighted by Crippen LogP contribution is -2.32. The van der Waals surface area contributed by atoms with Gasteiger partial charge in [0.2, 0.25) is 5.91 Å². The standard InChI is InChI=1S/C20H25F3N2OS2/c1-12-15(18(2,3)4)28-17(24-12)25-16(26)19(5,6)11-27-14-9-7-13(8-10-14)20(21,22)23/h7-10H,11H2,1-6H3,(H,24,25,26). The Kier molecular flexibility index (Phi) is 6.55. The predicted molar refractivity (Wildman–Crippen MR) is 110 cm³/mol. The van der Waals surface area contributed by atoms with E-state index in [1.165, 1.54) is 35.2 Å². The highest BCUT2D eigenvalue weighted by molar-refractivity contribution is 7.99. The number of aromatic nitrogens is 1. The minimum absolute atomic E-state index is 0.0430. The van der Waals surface area contributed by atoms with Gasteiger partial charge in [-0.05, 0) is 36.6 Å². The van der Waals surface area contributed by atoms with Crippen molar-refractivity contribution in [1.82, 2.24) is 4.98 Å². The van der Waals surface area contributed by atoms with Crippen LogP contribution in [0.4, 0.5) is 18.3 Å².